The van der Waals surface area contributed by atoms with Crippen molar-refractivity contribution in [2.75, 3.05) is 10.6 Å². The molecule has 24 heavy (non-hydrogen) atoms. The molecular weight excluding hydrogens is 372 g/mol. The third-order valence-corrected chi connectivity index (χ3v) is 3.95. The zero-order valence-corrected chi connectivity index (χ0v) is 14.5. The zero-order chi connectivity index (χ0) is 17.1. The van der Waals surface area contributed by atoms with Crippen LogP contribution >= 0.6 is 15.9 Å². The molecule has 2 N–H and O–H groups in total. The van der Waals surface area contributed by atoms with E-state index in [2.05, 4.69) is 26.6 Å². The highest BCUT2D eigenvalue weighted by atomic mass is 79.9. The first kappa shape index (κ1) is 16.3. The normalized spacial score (nSPS) is 16.2. The topological polar surface area (TPSA) is 67.4 Å². The van der Waals surface area contributed by atoms with E-state index in [0.717, 1.165) is 10.0 Å². The zero-order valence-electron chi connectivity index (χ0n) is 12.9. The van der Waals surface area contributed by atoms with Crippen LogP contribution in [0.1, 0.15) is 12.5 Å². The highest BCUT2D eigenvalue weighted by Gasteiger charge is 2.23. The van der Waals surface area contributed by atoms with Gasteiger partial charge in [-0.15, -0.1) is 0 Å². The molecule has 0 bridgehead atoms. The van der Waals surface area contributed by atoms with Gasteiger partial charge in [0, 0.05) is 16.2 Å². The number of benzene rings is 2. The van der Waals surface area contributed by atoms with E-state index in [9.17, 15) is 9.59 Å². The SMILES string of the molecule is CC1Oc2ccc(NC(=O)/C=C/c3cccc(Br)c3)cc2NC1=O. The third-order valence-electron chi connectivity index (χ3n) is 3.45. The summed E-state index contributed by atoms with van der Waals surface area (Å²) in [6, 6.07) is 12.8. The summed E-state index contributed by atoms with van der Waals surface area (Å²) in [5, 5.41) is 5.51. The van der Waals surface area contributed by atoms with Crippen molar-refractivity contribution >= 4 is 45.2 Å². The van der Waals surface area contributed by atoms with Crippen molar-refractivity contribution in [3.63, 3.8) is 0 Å². The van der Waals surface area contributed by atoms with Gasteiger partial charge in [0.25, 0.3) is 5.91 Å². The molecule has 2 aromatic rings. The number of amides is 2. The van der Waals surface area contributed by atoms with Crippen LogP contribution in [0.25, 0.3) is 6.08 Å². The van der Waals surface area contributed by atoms with E-state index in [0.29, 0.717) is 17.1 Å². The van der Waals surface area contributed by atoms with Crippen LogP contribution in [0.5, 0.6) is 5.75 Å². The first-order chi connectivity index (χ1) is 11.5. The van der Waals surface area contributed by atoms with Crippen LogP contribution in [0.3, 0.4) is 0 Å². The van der Waals surface area contributed by atoms with Gasteiger partial charge < -0.3 is 15.4 Å². The van der Waals surface area contributed by atoms with Gasteiger partial charge in [0.05, 0.1) is 5.69 Å². The lowest BCUT2D eigenvalue weighted by atomic mass is 10.2. The highest BCUT2D eigenvalue weighted by Crippen LogP contribution is 2.32. The Morgan fingerprint density at radius 2 is 2.12 bits per heavy atom. The van der Waals surface area contributed by atoms with E-state index in [4.69, 9.17) is 4.74 Å². The van der Waals surface area contributed by atoms with Crippen molar-refractivity contribution in [1.29, 1.82) is 0 Å². The smallest absolute Gasteiger partial charge is 0.265 e. The third kappa shape index (κ3) is 3.83. The minimum absolute atomic E-state index is 0.208. The van der Waals surface area contributed by atoms with Crippen LogP contribution in [0.4, 0.5) is 11.4 Å². The molecule has 0 saturated carbocycles. The van der Waals surface area contributed by atoms with Gasteiger partial charge >= 0.3 is 0 Å². The molecule has 0 spiro atoms. The average Bonchev–Trinajstić information content (AvgIpc) is 2.54. The summed E-state index contributed by atoms with van der Waals surface area (Å²) in [6.45, 7) is 1.68. The number of ether oxygens (including phenoxy) is 1. The number of carbonyl (C=O) groups is 2. The number of rotatable bonds is 3. The number of anilines is 2. The van der Waals surface area contributed by atoms with Gasteiger partial charge in [0.2, 0.25) is 5.91 Å². The van der Waals surface area contributed by atoms with Gasteiger partial charge in [-0.2, -0.15) is 0 Å². The summed E-state index contributed by atoms with van der Waals surface area (Å²) in [4.78, 5) is 23.7. The minimum Gasteiger partial charge on any atom is -0.479 e. The fraction of sp³-hybridized carbons (Fsp3) is 0.111. The summed E-state index contributed by atoms with van der Waals surface area (Å²) in [6.07, 6.45) is 2.66. The Labute approximate surface area is 147 Å². The predicted octanol–water partition coefficient (Wildman–Crippen LogP) is 3.82. The molecule has 1 aliphatic rings. The van der Waals surface area contributed by atoms with E-state index in [-0.39, 0.29) is 11.8 Å². The number of nitrogens with one attached hydrogen (secondary N) is 2. The van der Waals surface area contributed by atoms with Crippen LogP contribution in [0, 0.1) is 0 Å². The fourth-order valence-corrected chi connectivity index (χ4v) is 2.67. The summed E-state index contributed by atoms with van der Waals surface area (Å²) >= 11 is 3.39. The molecule has 0 saturated heterocycles. The minimum atomic E-state index is -0.522. The predicted molar refractivity (Wildman–Crippen MR) is 97.0 cm³/mol. The van der Waals surface area contributed by atoms with Crippen LogP contribution in [-0.2, 0) is 9.59 Å². The van der Waals surface area contributed by atoms with Crippen molar-refractivity contribution in [2.24, 2.45) is 0 Å². The monoisotopic (exact) mass is 386 g/mol. The summed E-state index contributed by atoms with van der Waals surface area (Å²) in [5.41, 5.74) is 2.04. The second kappa shape index (κ2) is 6.88. The molecule has 122 valence electrons. The van der Waals surface area contributed by atoms with E-state index in [1.54, 1.807) is 31.2 Å². The maximum absolute atomic E-state index is 12.0. The summed E-state index contributed by atoms with van der Waals surface area (Å²) in [5.74, 6) is 0.122. The lowest BCUT2D eigenvalue weighted by Gasteiger charge is -2.23. The molecule has 0 fully saturated rings. The van der Waals surface area contributed by atoms with Crippen LogP contribution < -0.4 is 15.4 Å². The molecule has 1 unspecified atom stereocenters. The van der Waals surface area contributed by atoms with E-state index in [1.807, 2.05) is 24.3 Å². The molecular formula is C18H15BrN2O3. The van der Waals surface area contributed by atoms with Crippen LogP contribution in [-0.4, -0.2) is 17.9 Å². The molecule has 1 atom stereocenters. The maximum atomic E-state index is 12.0. The molecule has 1 aliphatic heterocycles. The number of halogens is 1. The van der Waals surface area contributed by atoms with Gasteiger partial charge in [-0.1, -0.05) is 28.1 Å². The molecule has 2 aromatic carbocycles. The Bertz CT molecular complexity index is 833. The molecule has 3 rings (SSSR count). The molecule has 6 heteroatoms. The molecule has 0 aromatic heterocycles. The Hall–Kier alpha value is -2.60. The molecule has 0 aliphatic carbocycles. The Morgan fingerprint density at radius 3 is 2.92 bits per heavy atom. The number of hydrogen-bond donors (Lipinski definition) is 2. The quantitative estimate of drug-likeness (QED) is 0.787. The summed E-state index contributed by atoms with van der Waals surface area (Å²) in [7, 11) is 0. The fourth-order valence-electron chi connectivity index (χ4n) is 2.25. The lowest BCUT2D eigenvalue weighted by Crippen LogP contribution is -2.34. The largest absolute Gasteiger partial charge is 0.479 e. The standard InChI is InChI=1S/C18H15BrN2O3/c1-11-18(23)21-15-10-14(6-7-16(15)24-11)20-17(22)8-5-12-3-2-4-13(19)9-12/h2-11H,1H3,(H,20,22)(H,21,23)/b8-5+. The van der Waals surface area contributed by atoms with E-state index in [1.165, 1.54) is 6.08 Å². The van der Waals surface area contributed by atoms with Crippen molar-refractivity contribution in [3.8, 4) is 5.75 Å². The first-order valence-electron chi connectivity index (χ1n) is 7.37. The first-order valence-corrected chi connectivity index (χ1v) is 8.17. The van der Waals surface area contributed by atoms with E-state index >= 15 is 0 Å². The van der Waals surface area contributed by atoms with Crippen molar-refractivity contribution in [2.45, 2.75) is 13.0 Å². The maximum Gasteiger partial charge on any atom is 0.265 e. The Morgan fingerprint density at radius 1 is 1.29 bits per heavy atom. The average molecular weight is 387 g/mol. The van der Waals surface area contributed by atoms with Gasteiger partial charge in [-0.25, -0.2) is 0 Å². The van der Waals surface area contributed by atoms with E-state index < -0.39 is 6.10 Å². The molecule has 0 radical (unpaired) electrons. The second-order valence-electron chi connectivity index (χ2n) is 5.34. The Balaban J connectivity index is 1.69. The molecule has 5 nitrogen and oxygen atoms in total. The number of hydrogen-bond acceptors (Lipinski definition) is 3. The Kier molecular flexibility index (Phi) is 4.66. The van der Waals surface area contributed by atoms with Gasteiger partial charge in [0.15, 0.2) is 6.10 Å². The summed E-state index contributed by atoms with van der Waals surface area (Å²) < 4.78 is 6.43. The molecule has 1 heterocycles. The second-order valence-corrected chi connectivity index (χ2v) is 6.25. The van der Waals surface area contributed by atoms with Gasteiger partial charge in [0.1, 0.15) is 5.75 Å². The highest BCUT2D eigenvalue weighted by molar-refractivity contribution is 9.10. The molecule has 2 amide bonds. The van der Waals surface area contributed by atoms with Gasteiger partial charge in [-0.05, 0) is 48.9 Å². The van der Waals surface area contributed by atoms with Gasteiger partial charge in [-0.3, -0.25) is 9.59 Å². The lowest BCUT2D eigenvalue weighted by molar-refractivity contribution is -0.122. The van der Waals surface area contributed by atoms with Crippen LogP contribution in [0.15, 0.2) is 53.0 Å². The number of fused-ring (bicyclic) bond motifs is 1. The van der Waals surface area contributed by atoms with Crippen molar-refractivity contribution < 1.29 is 14.3 Å². The van der Waals surface area contributed by atoms with Crippen LogP contribution in [0.2, 0.25) is 0 Å². The van der Waals surface area contributed by atoms with Crippen molar-refractivity contribution in [1.82, 2.24) is 0 Å². The number of carbonyl (C=O) groups excluding carboxylic acids is 2. The van der Waals surface area contributed by atoms with Crippen molar-refractivity contribution in [3.05, 3.63) is 58.6 Å².